The lowest BCUT2D eigenvalue weighted by molar-refractivity contribution is -0.177. The number of hydrogen-bond acceptors (Lipinski definition) is 5. The van der Waals surface area contributed by atoms with Gasteiger partial charge in [-0.05, 0) is 114 Å². The lowest BCUT2D eigenvalue weighted by Crippen LogP contribution is -2.58. The summed E-state index contributed by atoms with van der Waals surface area (Å²) in [6, 6.07) is 0. The number of rotatable bonds is 3. The van der Waals surface area contributed by atoms with Gasteiger partial charge in [-0.2, -0.15) is 0 Å². The van der Waals surface area contributed by atoms with E-state index in [4.69, 9.17) is 14.2 Å². The molecule has 0 bridgehead atoms. The molecule has 210 valence electrons. The minimum absolute atomic E-state index is 0.0361. The lowest BCUT2D eigenvalue weighted by Gasteiger charge is -2.63. The molecular weight excluding hydrogens is 464 g/mol. The second-order valence-corrected chi connectivity index (χ2v) is 15.8. The molecule has 5 aliphatic carbocycles. The van der Waals surface area contributed by atoms with E-state index in [1.165, 1.54) is 45.6 Å². The van der Waals surface area contributed by atoms with E-state index in [2.05, 4.69) is 48.5 Å². The van der Waals surface area contributed by atoms with Crippen LogP contribution in [0.15, 0.2) is 0 Å². The van der Waals surface area contributed by atoms with Gasteiger partial charge in [0.15, 0.2) is 0 Å². The Morgan fingerprint density at radius 1 is 0.973 bits per heavy atom. The van der Waals surface area contributed by atoms with Crippen molar-refractivity contribution in [2.75, 3.05) is 7.11 Å². The highest BCUT2D eigenvalue weighted by molar-refractivity contribution is 5.59. The van der Waals surface area contributed by atoms with Crippen LogP contribution in [0.1, 0.15) is 106 Å². The molecule has 5 heteroatoms. The van der Waals surface area contributed by atoms with E-state index in [0.29, 0.717) is 28.6 Å². The molecule has 0 aromatic heterocycles. The summed E-state index contributed by atoms with van der Waals surface area (Å²) >= 11 is 0. The maximum absolute atomic E-state index is 12.0. The number of methoxy groups -OCH3 is 1. The van der Waals surface area contributed by atoms with Gasteiger partial charge in [0.05, 0.1) is 25.4 Å². The quantitative estimate of drug-likeness (QED) is 0.409. The van der Waals surface area contributed by atoms with E-state index in [1.54, 1.807) is 0 Å². The minimum Gasteiger partial charge on any atom is -0.438 e. The van der Waals surface area contributed by atoms with Gasteiger partial charge >= 0.3 is 6.16 Å². The first-order valence-corrected chi connectivity index (χ1v) is 15.4. The molecule has 1 aliphatic heterocycles. The summed E-state index contributed by atoms with van der Waals surface area (Å²) in [5.41, 5.74) is 1.53. The van der Waals surface area contributed by atoms with Gasteiger partial charge in [-0.3, -0.25) is 0 Å². The van der Waals surface area contributed by atoms with Gasteiger partial charge < -0.3 is 19.3 Å². The van der Waals surface area contributed by atoms with Crippen molar-refractivity contribution >= 4 is 6.16 Å². The van der Waals surface area contributed by atoms with E-state index in [0.717, 1.165) is 25.2 Å². The van der Waals surface area contributed by atoms with E-state index >= 15 is 0 Å². The van der Waals surface area contributed by atoms with Crippen LogP contribution in [0.5, 0.6) is 0 Å². The normalized spacial score (nSPS) is 54.2. The second kappa shape index (κ2) is 8.12. The fourth-order valence-electron chi connectivity index (χ4n) is 12.4. The topological polar surface area (TPSA) is 65.0 Å². The van der Waals surface area contributed by atoms with Gasteiger partial charge in [0, 0.05) is 0 Å². The molecule has 0 radical (unpaired) electrons. The molecule has 37 heavy (non-hydrogen) atoms. The molecule has 6 fully saturated rings. The van der Waals surface area contributed by atoms with Crippen LogP contribution in [0.4, 0.5) is 4.79 Å². The SMILES string of the molecule is COC(=O)O[C@H](C(C)C)C1C[C@@H](C)C2C(C[C@@]3(C)C4CCC5C(C)(C)[C@@H](O)CC[C@@]56CC46CC[C@]23C)O1. The minimum atomic E-state index is -0.602. The number of ether oxygens (including phenoxy) is 3. The number of aliphatic hydroxyl groups excluding tert-OH is 1. The zero-order chi connectivity index (χ0) is 26.8. The Morgan fingerprint density at radius 2 is 1.65 bits per heavy atom. The third kappa shape index (κ3) is 3.19. The molecule has 6 unspecified atom stereocenters. The monoisotopic (exact) mass is 516 g/mol. The molecular formula is C32H52O5. The molecule has 1 heterocycles. The second-order valence-electron chi connectivity index (χ2n) is 15.8. The van der Waals surface area contributed by atoms with Gasteiger partial charge in [-0.25, -0.2) is 4.79 Å². The summed E-state index contributed by atoms with van der Waals surface area (Å²) in [6.07, 6.45) is 10.1. The third-order valence-electron chi connectivity index (χ3n) is 14.1. The molecule has 1 N–H and O–H groups in total. The van der Waals surface area contributed by atoms with Gasteiger partial charge in [-0.1, -0.05) is 48.5 Å². The third-order valence-corrected chi connectivity index (χ3v) is 14.1. The summed E-state index contributed by atoms with van der Waals surface area (Å²) in [4.78, 5) is 12.0. The van der Waals surface area contributed by atoms with Gasteiger partial charge in [-0.15, -0.1) is 0 Å². The van der Waals surface area contributed by atoms with Crippen LogP contribution in [0.2, 0.25) is 0 Å². The number of hydrogen-bond donors (Lipinski definition) is 1. The first kappa shape index (κ1) is 26.4. The van der Waals surface area contributed by atoms with E-state index in [9.17, 15) is 9.90 Å². The largest absolute Gasteiger partial charge is 0.508 e. The van der Waals surface area contributed by atoms with Crippen molar-refractivity contribution in [3.05, 3.63) is 0 Å². The van der Waals surface area contributed by atoms with Crippen LogP contribution in [-0.4, -0.2) is 42.8 Å². The predicted molar refractivity (Wildman–Crippen MR) is 143 cm³/mol. The highest BCUT2D eigenvalue weighted by Crippen LogP contribution is 2.89. The molecule has 0 aromatic carbocycles. The van der Waals surface area contributed by atoms with Gasteiger partial charge in [0.1, 0.15) is 6.10 Å². The average Bonchev–Trinajstić information content (AvgIpc) is 3.43. The van der Waals surface area contributed by atoms with Crippen LogP contribution in [0.25, 0.3) is 0 Å². The van der Waals surface area contributed by atoms with Gasteiger partial charge in [0.2, 0.25) is 0 Å². The first-order chi connectivity index (χ1) is 17.3. The molecule has 12 atom stereocenters. The molecule has 6 rings (SSSR count). The van der Waals surface area contributed by atoms with E-state index in [1.807, 2.05) is 0 Å². The number of fused-ring (bicyclic) bond motifs is 4. The Labute approximate surface area is 224 Å². The highest BCUT2D eigenvalue weighted by Gasteiger charge is 2.83. The Morgan fingerprint density at radius 3 is 2.32 bits per heavy atom. The fraction of sp³-hybridized carbons (Fsp3) is 0.969. The van der Waals surface area contributed by atoms with Crippen molar-refractivity contribution in [1.82, 2.24) is 0 Å². The Bertz CT molecular complexity index is 945. The zero-order valence-corrected chi connectivity index (χ0v) is 24.6. The molecule has 0 amide bonds. The Kier molecular flexibility index (Phi) is 5.79. The number of carbonyl (C=O) groups excluding carboxylic acids is 1. The predicted octanol–water partition coefficient (Wildman–Crippen LogP) is 7.00. The van der Waals surface area contributed by atoms with E-state index in [-0.39, 0.29) is 46.6 Å². The summed E-state index contributed by atoms with van der Waals surface area (Å²) in [7, 11) is 1.38. The highest BCUT2D eigenvalue weighted by atomic mass is 16.7. The average molecular weight is 517 g/mol. The van der Waals surface area contributed by atoms with Crippen molar-refractivity contribution in [3.8, 4) is 0 Å². The Hall–Kier alpha value is -0.810. The van der Waals surface area contributed by atoms with Crippen molar-refractivity contribution in [2.45, 2.75) is 131 Å². The molecule has 5 nitrogen and oxygen atoms in total. The standard InChI is InChI=1S/C32H52O5/c1-18(2)26(37-27(34)35-8)20-15-19(3)25-21(36-20)16-30(7)23-10-9-22-28(4,5)24(33)11-12-31(22)17-32(23,31)14-13-29(25,30)6/h18-26,33H,9-17H2,1-8H3/t19-,20?,21?,22?,23?,24+,25?,26-,29-,30+,31-,32?/m1/s1. The number of carbonyl (C=O) groups is 1. The molecule has 5 saturated carbocycles. The van der Waals surface area contributed by atoms with Gasteiger partial charge in [0.25, 0.3) is 0 Å². The molecule has 2 spiro atoms. The molecule has 6 aliphatic rings. The van der Waals surface area contributed by atoms with Crippen LogP contribution in [-0.2, 0) is 14.2 Å². The van der Waals surface area contributed by atoms with Crippen molar-refractivity contribution < 1.29 is 24.1 Å². The summed E-state index contributed by atoms with van der Waals surface area (Å²) < 4.78 is 17.6. The van der Waals surface area contributed by atoms with Crippen molar-refractivity contribution in [2.24, 2.45) is 56.7 Å². The molecule has 0 aromatic rings. The van der Waals surface area contributed by atoms with Crippen LogP contribution in [0.3, 0.4) is 0 Å². The van der Waals surface area contributed by atoms with Crippen LogP contribution < -0.4 is 0 Å². The van der Waals surface area contributed by atoms with Crippen molar-refractivity contribution in [3.63, 3.8) is 0 Å². The van der Waals surface area contributed by atoms with Crippen LogP contribution >= 0.6 is 0 Å². The Balaban J connectivity index is 1.29. The molecule has 1 saturated heterocycles. The van der Waals surface area contributed by atoms with Crippen molar-refractivity contribution in [1.29, 1.82) is 0 Å². The summed E-state index contributed by atoms with van der Waals surface area (Å²) in [6.45, 7) is 16.6. The first-order valence-electron chi connectivity index (χ1n) is 15.4. The van der Waals surface area contributed by atoms with E-state index < -0.39 is 6.16 Å². The van der Waals surface area contributed by atoms with Crippen LogP contribution in [0, 0.1) is 56.7 Å². The summed E-state index contributed by atoms with van der Waals surface area (Å²) in [5.74, 6) is 2.71. The maximum atomic E-state index is 12.0. The zero-order valence-electron chi connectivity index (χ0n) is 24.6. The number of aliphatic hydroxyl groups is 1. The smallest absolute Gasteiger partial charge is 0.438 e. The maximum Gasteiger partial charge on any atom is 0.508 e. The lowest BCUT2D eigenvalue weighted by atomic mass is 9.41. The fourth-order valence-corrected chi connectivity index (χ4v) is 12.4. The summed E-state index contributed by atoms with van der Waals surface area (Å²) in [5, 5.41) is 10.9.